The summed E-state index contributed by atoms with van der Waals surface area (Å²) in [4.78, 5) is 0. The van der Waals surface area contributed by atoms with Gasteiger partial charge in [0.05, 0.1) is 6.04 Å². The van der Waals surface area contributed by atoms with Crippen LogP contribution in [-0.4, -0.2) is 0 Å². The molecule has 0 aliphatic rings. The first-order chi connectivity index (χ1) is 9.51. The number of nitrogens with one attached hydrogen (secondary N) is 1. The molecular formula is C15H15ClF2N2. The molecule has 2 nitrogen and oxygen atoms in total. The van der Waals surface area contributed by atoms with Gasteiger partial charge in [0.15, 0.2) is 0 Å². The molecule has 0 aliphatic heterocycles. The molecule has 20 heavy (non-hydrogen) atoms. The number of nitrogens with two attached hydrogens (primary N) is 1. The molecule has 0 saturated carbocycles. The molecule has 0 fully saturated rings. The van der Waals surface area contributed by atoms with Crippen LogP contribution in [-0.2, 0) is 6.42 Å². The Morgan fingerprint density at radius 3 is 2.60 bits per heavy atom. The monoisotopic (exact) mass is 296 g/mol. The first kappa shape index (κ1) is 14.9. The molecule has 2 rings (SSSR count). The Morgan fingerprint density at radius 1 is 1.20 bits per heavy atom. The third-order valence-electron chi connectivity index (χ3n) is 3.23. The van der Waals surface area contributed by atoms with Gasteiger partial charge in [-0.25, -0.2) is 8.78 Å². The van der Waals surface area contributed by atoms with Crippen LogP contribution < -0.4 is 11.3 Å². The highest BCUT2D eigenvalue weighted by Gasteiger charge is 2.14. The highest BCUT2D eigenvalue weighted by atomic mass is 35.5. The quantitative estimate of drug-likeness (QED) is 0.667. The zero-order chi connectivity index (χ0) is 14.7. The molecule has 0 spiro atoms. The summed E-state index contributed by atoms with van der Waals surface area (Å²) in [7, 11) is 0. The number of halogens is 3. The average Bonchev–Trinajstić information content (AvgIpc) is 2.43. The fourth-order valence-corrected chi connectivity index (χ4v) is 2.21. The topological polar surface area (TPSA) is 38.0 Å². The number of aryl methyl sites for hydroxylation is 1. The van der Waals surface area contributed by atoms with Gasteiger partial charge in [-0.3, -0.25) is 11.3 Å². The number of rotatable bonds is 4. The molecule has 0 heterocycles. The number of benzene rings is 2. The van der Waals surface area contributed by atoms with Crippen LogP contribution >= 0.6 is 11.6 Å². The second-order valence-corrected chi connectivity index (χ2v) is 5.07. The molecule has 106 valence electrons. The van der Waals surface area contributed by atoms with Crippen LogP contribution in [0.2, 0.25) is 5.02 Å². The number of hydrazine groups is 1. The predicted molar refractivity (Wildman–Crippen MR) is 76.3 cm³/mol. The molecule has 5 heteroatoms. The fourth-order valence-electron chi connectivity index (χ4n) is 2.02. The zero-order valence-electron chi connectivity index (χ0n) is 11.0. The lowest BCUT2D eigenvalue weighted by Gasteiger charge is -2.18. The Morgan fingerprint density at radius 2 is 1.95 bits per heavy atom. The van der Waals surface area contributed by atoms with Crippen molar-refractivity contribution in [3.8, 4) is 0 Å². The SMILES string of the molecule is Cc1ccc(C(Cc2cc(F)ccc2Cl)NN)cc1F. The molecule has 2 aromatic rings. The lowest BCUT2D eigenvalue weighted by atomic mass is 9.98. The molecule has 1 unspecified atom stereocenters. The first-order valence-electron chi connectivity index (χ1n) is 6.17. The smallest absolute Gasteiger partial charge is 0.126 e. The van der Waals surface area contributed by atoms with Gasteiger partial charge >= 0.3 is 0 Å². The molecule has 0 aliphatic carbocycles. The summed E-state index contributed by atoms with van der Waals surface area (Å²) in [5.41, 5.74) is 4.49. The summed E-state index contributed by atoms with van der Waals surface area (Å²) < 4.78 is 26.9. The van der Waals surface area contributed by atoms with E-state index in [0.717, 1.165) is 0 Å². The Kier molecular flexibility index (Phi) is 4.70. The second-order valence-electron chi connectivity index (χ2n) is 4.67. The lowest BCUT2D eigenvalue weighted by Crippen LogP contribution is -2.29. The maximum absolute atomic E-state index is 13.6. The number of hydrogen-bond donors (Lipinski definition) is 2. The van der Waals surface area contributed by atoms with Crippen molar-refractivity contribution in [3.63, 3.8) is 0 Å². The van der Waals surface area contributed by atoms with Crippen LogP contribution in [0, 0.1) is 18.6 Å². The molecular weight excluding hydrogens is 282 g/mol. The average molecular weight is 297 g/mol. The molecule has 0 radical (unpaired) electrons. The van der Waals surface area contributed by atoms with Gasteiger partial charge in [-0.15, -0.1) is 0 Å². The predicted octanol–water partition coefficient (Wildman–Crippen LogP) is 3.67. The highest BCUT2D eigenvalue weighted by molar-refractivity contribution is 6.31. The van der Waals surface area contributed by atoms with Gasteiger partial charge in [0, 0.05) is 5.02 Å². The van der Waals surface area contributed by atoms with Gasteiger partial charge in [0.1, 0.15) is 11.6 Å². The van der Waals surface area contributed by atoms with Crippen LogP contribution in [0.15, 0.2) is 36.4 Å². The van der Waals surface area contributed by atoms with Crippen molar-refractivity contribution in [2.75, 3.05) is 0 Å². The molecule has 1 atom stereocenters. The van der Waals surface area contributed by atoms with E-state index in [1.807, 2.05) is 0 Å². The molecule has 2 aromatic carbocycles. The van der Waals surface area contributed by atoms with Crippen molar-refractivity contribution >= 4 is 11.6 Å². The third-order valence-corrected chi connectivity index (χ3v) is 3.60. The molecule has 0 amide bonds. The van der Waals surface area contributed by atoms with Crippen molar-refractivity contribution in [1.82, 2.24) is 5.43 Å². The van der Waals surface area contributed by atoms with Crippen LogP contribution in [0.25, 0.3) is 0 Å². The molecule has 3 N–H and O–H groups in total. The van der Waals surface area contributed by atoms with Crippen LogP contribution in [0.1, 0.15) is 22.7 Å². The van der Waals surface area contributed by atoms with Crippen molar-refractivity contribution in [3.05, 3.63) is 69.7 Å². The second kappa shape index (κ2) is 6.31. The molecule has 0 bridgehead atoms. The van der Waals surface area contributed by atoms with E-state index in [1.165, 1.54) is 24.3 Å². The van der Waals surface area contributed by atoms with Crippen molar-refractivity contribution < 1.29 is 8.78 Å². The Labute approximate surface area is 121 Å². The van der Waals surface area contributed by atoms with Crippen molar-refractivity contribution in [2.24, 2.45) is 5.84 Å². The van der Waals surface area contributed by atoms with Gasteiger partial charge in [-0.1, -0.05) is 23.7 Å². The summed E-state index contributed by atoms with van der Waals surface area (Å²) >= 11 is 6.03. The summed E-state index contributed by atoms with van der Waals surface area (Å²) in [6.45, 7) is 1.69. The van der Waals surface area contributed by atoms with E-state index in [4.69, 9.17) is 17.4 Å². The molecule has 0 saturated heterocycles. The minimum Gasteiger partial charge on any atom is -0.271 e. The first-order valence-corrected chi connectivity index (χ1v) is 6.55. The van der Waals surface area contributed by atoms with Gasteiger partial charge < -0.3 is 0 Å². The van der Waals surface area contributed by atoms with E-state index in [2.05, 4.69) is 5.43 Å². The highest BCUT2D eigenvalue weighted by Crippen LogP contribution is 2.25. The summed E-state index contributed by atoms with van der Waals surface area (Å²) in [5, 5.41) is 0.458. The fraction of sp³-hybridized carbons (Fsp3) is 0.200. The normalized spacial score (nSPS) is 12.4. The van der Waals surface area contributed by atoms with E-state index in [1.54, 1.807) is 19.1 Å². The van der Waals surface area contributed by atoms with E-state index >= 15 is 0 Å². The zero-order valence-corrected chi connectivity index (χ0v) is 11.7. The summed E-state index contributed by atoms with van der Waals surface area (Å²) in [6.07, 6.45) is 0.371. The maximum atomic E-state index is 13.6. The maximum Gasteiger partial charge on any atom is 0.126 e. The van der Waals surface area contributed by atoms with Crippen LogP contribution in [0.3, 0.4) is 0 Å². The van der Waals surface area contributed by atoms with Crippen LogP contribution in [0.4, 0.5) is 8.78 Å². The minimum absolute atomic E-state index is 0.298. The Hall–Kier alpha value is -1.49. The Balaban J connectivity index is 2.28. The van der Waals surface area contributed by atoms with E-state index in [0.29, 0.717) is 28.1 Å². The van der Waals surface area contributed by atoms with Gasteiger partial charge in [-0.2, -0.15) is 0 Å². The van der Waals surface area contributed by atoms with Gasteiger partial charge in [0.2, 0.25) is 0 Å². The third kappa shape index (κ3) is 3.33. The van der Waals surface area contributed by atoms with Crippen LogP contribution in [0.5, 0.6) is 0 Å². The van der Waals surface area contributed by atoms with Crippen molar-refractivity contribution in [2.45, 2.75) is 19.4 Å². The summed E-state index contributed by atoms with van der Waals surface area (Å²) in [5.74, 6) is 4.86. The summed E-state index contributed by atoms with van der Waals surface area (Å²) in [6, 6.07) is 8.70. The lowest BCUT2D eigenvalue weighted by molar-refractivity contribution is 0.540. The van der Waals surface area contributed by atoms with Crippen molar-refractivity contribution in [1.29, 1.82) is 0 Å². The largest absolute Gasteiger partial charge is 0.271 e. The van der Waals surface area contributed by atoms with E-state index in [9.17, 15) is 8.78 Å². The van der Waals surface area contributed by atoms with Gasteiger partial charge in [-0.05, 0) is 54.3 Å². The Bertz CT molecular complexity index is 617. The molecule has 0 aromatic heterocycles. The minimum atomic E-state index is -0.366. The number of hydrogen-bond acceptors (Lipinski definition) is 2. The standard InChI is InChI=1S/C15H15ClF2N2/c1-9-2-3-10(7-14(9)18)15(20-19)8-11-6-12(17)4-5-13(11)16/h2-7,15,20H,8,19H2,1H3. The van der Waals surface area contributed by atoms with Gasteiger partial charge in [0.25, 0.3) is 0 Å². The van der Waals surface area contributed by atoms with E-state index in [-0.39, 0.29) is 17.7 Å². The van der Waals surface area contributed by atoms with E-state index < -0.39 is 0 Å².